The van der Waals surface area contributed by atoms with Gasteiger partial charge in [0.05, 0.1) is 46.3 Å². The van der Waals surface area contributed by atoms with Crippen LogP contribution in [0.3, 0.4) is 0 Å². The predicted molar refractivity (Wildman–Crippen MR) is 139 cm³/mol. The number of nitrogens with one attached hydrogen (secondary N) is 2. The third-order valence-corrected chi connectivity index (χ3v) is 7.48. The molecule has 2 atom stereocenters. The molecule has 0 radical (unpaired) electrons. The summed E-state index contributed by atoms with van der Waals surface area (Å²) in [5.41, 5.74) is 3.56. The molecule has 194 valence electrons. The molecule has 2 aromatic carbocycles. The molecular weight excluding hydrogens is 525 g/mol. The molecule has 1 amide bonds. The standard InChI is InChI=1S/C26H19ClFN9O2/c1-12-6-20(25-29-10-18(32-25)13-2-4-16-14(7-13)8-21(38)31-16)37-22(39)9-17(33-26(12)37)23-19(36-11-30-34-35-36)5-3-15(27)24(23)28/h2-5,7,9-12,20H,6,8H2,1H3,(H,29,32)(H,31,38)/t12-,20-/m0/s1. The SMILES string of the molecule is C[C@H]1C[C@@H](c2ncc(-c3ccc4c(c3)CC(=O)N4)[nH]2)n2c1nc(-c1c(-n3cnnn3)ccc(Cl)c1F)cc2=O. The number of H-pyrrole nitrogens is 1. The summed E-state index contributed by atoms with van der Waals surface area (Å²) in [5, 5.41) is 13.8. The van der Waals surface area contributed by atoms with Crippen molar-refractivity contribution in [3.8, 4) is 28.2 Å². The maximum absolute atomic E-state index is 15.3. The Balaban J connectivity index is 1.28. The van der Waals surface area contributed by atoms with Crippen LogP contribution in [0.4, 0.5) is 10.1 Å². The lowest BCUT2D eigenvalue weighted by molar-refractivity contribution is -0.115. The number of tetrazole rings is 1. The molecule has 11 nitrogen and oxygen atoms in total. The number of halogens is 2. The first-order chi connectivity index (χ1) is 18.9. The lowest BCUT2D eigenvalue weighted by Gasteiger charge is -2.15. The molecule has 3 aromatic heterocycles. The normalized spacial score (nSPS) is 17.8. The van der Waals surface area contributed by atoms with Gasteiger partial charge in [-0.3, -0.25) is 14.2 Å². The third-order valence-electron chi connectivity index (χ3n) is 7.19. The maximum atomic E-state index is 15.3. The van der Waals surface area contributed by atoms with Crippen LogP contribution >= 0.6 is 11.6 Å². The van der Waals surface area contributed by atoms with Gasteiger partial charge in [-0.05, 0) is 52.2 Å². The number of aromatic nitrogens is 8. The molecule has 7 rings (SSSR count). The molecule has 2 N–H and O–H groups in total. The summed E-state index contributed by atoms with van der Waals surface area (Å²) < 4.78 is 18.2. The number of carbonyl (C=O) groups is 1. The average Bonchev–Trinajstić information content (AvgIpc) is 3.71. The fourth-order valence-corrected chi connectivity index (χ4v) is 5.53. The number of rotatable bonds is 4. The number of imidazole rings is 1. The molecule has 0 fully saturated rings. The minimum atomic E-state index is -0.717. The summed E-state index contributed by atoms with van der Waals surface area (Å²) in [6, 6.07) is 9.64. The first-order valence-corrected chi connectivity index (χ1v) is 12.6. The van der Waals surface area contributed by atoms with Crippen molar-refractivity contribution in [2.45, 2.75) is 31.7 Å². The van der Waals surface area contributed by atoms with Gasteiger partial charge in [0.25, 0.3) is 5.56 Å². The van der Waals surface area contributed by atoms with Crippen molar-refractivity contribution in [2.24, 2.45) is 0 Å². The molecule has 5 aromatic rings. The van der Waals surface area contributed by atoms with Crippen LogP contribution in [-0.4, -0.2) is 45.6 Å². The van der Waals surface area contributed by atoms with E-state index in [2.05, 4.69) is 30.8 Å². The summed E-state index contributed by atoms with van der Waals surface area (Å²) in [6.07, 6.45) is 3.97. The summed E-state index contributed by atoms with van der Waals surface area (Å²) >= 11 is 6.10. The smallest absolute Gasteiger partial charge is 0.254 e. The average molecular weight is 544 g/mol. The number of benzene rings is 2. The first-order valence-electron chi connectivity index (χ1n) is 12.2. The van der Waals surface area contributed by atoms with E-state index in [0.717, 1.165) is 22.5 Å². The highest BCUT2D eigenvalue weighted by Gasteiger charge is 2.34. The molecule has 0 saturated heterocycles. The summed E-state index contributed by atoms with van der Waals surface area (Å²) in [5.74, 6) is 0.283. The summed E-state index contributed by atoms with van der Waals surface area (Å²) in [4.78, 5) is 37.9. The molecule has 2 aliphatic rings. The van der Waals surface area contributed by atoms with Gasteiger partial charge in [0.2, 0.25) is 5.91 Å². The third kappa shape index (κ3) is 3.75. The van der Waals surface area contributed by atoms with Gasteiger partial charge in [-0.25, -0.2) is 14.4 Å². The Hall–Kier alpha value is -4.71. The van der Waals surface area contributed by atoms with Crippen LogP contribution < -0.4 is 10.9 Å². The Kier molecular flexibility index (Phi) is 5.20. The zero-order valence-corrected chi connectivity index (χ0v) is 21.1. The second kappa shape index (κ2) is 8.67. The van der Waals surface area contributed by atoms with Crippen molar-refractivity contribution >= 4 is 23.2 Å². The minimum absolute atomic E-state index is 0.0297. The maximum Gasteiger partial charge on any atom is 0.254 e. The van der Waals surface area contributed by atoms with E-state index in [1.54, 1.807) is 16.8 Å². The van der Waals surface area contributed by atoms with E-state index in [1.807, 2.05) is 25.1 Å². The van der Waals surface area contributed by atoms with Crippen molar-refractivity contribution in [2.75, 3.05) is 5.32 Å². The number of anilines is 1. The van der Waals surface area contributed by atoms with Crippen molar-refractivity contribution < 1.29 is 9.18 Å². The predicted octanol–water partition coefficient (Wildman–Crippen LogP) is 3.66. The highest BCUT2D eigenvalue weighted by atomic mass is 35.5. The Bertz CT molecular complexity index is 1850. The van der Waals surface area contributed by atoms with E-state index in [4.69, 9.17) is 16.6 Å². The van der Waals surface area contributed by atoms with Gasteiger partial charge in [-0.2, -0.15) is 4.68 Å². The molecule has 0 spiro atoms. The first kappa shape index (κ1) is 23.4. The van der Waals surface area contributed by atoms with Crippen LogP contribution in [0.15, 0.2) is 53.7 Å². The van der Waals surface area contributed by atoms with Crippen LogP contribution in [0.25, 0.3) is 28.2 Å². The van der Waals surface area contributed by atoms with E-state index >= 15 is 4.39 Å². The molecule has 2 aliphatic heterocycles. The van der Waals surface area contributed by atoms with Gasteiger partial charge in [0.15, 0.2) is 5.82 Å². The van der Waals surface area contributed by atoms with Crippen molar-refractivity contribution in [3.63, 3.8) is 0 Å². The Morgan fingerprint density at radius 1 is 1.15 bits per heavy atom. The number of nitrogens with zero attached hydrogens (tertiary/aromatic N) is 7. The van der Waals surface area contributed by atoms with Crippen LogP contribution in [-0.2, 0) is 11.2 Å². The van der Waals surface area contributed by atoms with E-state index in [9.17, 15) is 9.59 Å². The van der Waals surface area contributed by atoms with Crippen LogP contribution in [0.2, 0.25) is 5.02 Å². The fraction of sp³-hybridized carbons (Fsp3) is 0.192. The molecule has 0 bridgehead atoms. The van der Waals surface area contributed by atoms with Gasteiger partial charge in [-0.1, -0.05) is 24.6 Å². The topological polar surface area (TPSA) is 136 Å². The Morgan fingerprint density at radius 2 is 2.03 bits per heavy atom. The largest absolute Gasteiger partial charge is 0.340 e. The lowest BCUT2D eigenvalue weighted by Crippen LogP contribution is -2.25. The van der Waals surface area contributed by atoms with Gasteiger partial charge in [-0.15, -0.1) is 5.10 Å². The van der Waals surface area contributed by atoms with Gasteiger partial charge >= 0.3 is 0 Å². The highest BCUT2D eigenvalue weighted by Crippen LogP contribution is 2.39. The molecular formula is C26H19ClFN9O2. The van der Waals surface area contributed by atoms with Gasteiger partial charge < -0.3 is 10.3 Å². The van der Waals surface area contributed by atoms with E-state index in [0.29, 0.717) is 30.2 Å². The Morgan fingerprint density at radius 3 is 2.85 bits per heavy atom. The highest BCUT2D eigenvalue weighted by molar-refractivity contribution is 6.31. The number of aromatic amines is 1. The fourth-order valence-electron chi connectivity index (χ4n) is 5.37. The van der Waals surface area contributed by atoms with Crippen molar-refractivity contribution in [1.82, 2.24) is 39.7 Å². The van der Waals surface area contributed by atoms with E-state index < -0.39 is 5.82 Å². The number of hydrogen-bond donors (Lipinski definition) is 2. The zero-order valence-electron chi connectivity index (χ0n) is 20.4. The molecule has 0 aliphatic carbocycles. The zero-order chi connectivity index (χ0) is 26.8. The van der Waals surface area contributed by atoms with Crippen LogP contribution in [0.1, 0.15) is 42.5 Å². The second-order valence-corrected chi connectivity index (χ2v) is 10.1. The molecule has 39 heavy (non-hydrogen) atoms. The molecule has 0 saturated carbocycles. The quantitative estimate of drug-likeness (QED) is 0.353. The number of amides is 1. The van der Waals surface area contributed by atoms with Crippen LogP contribution in [0, 0.1) is 5.82 Å². The summed E-state index contributed by atoms with van der Waals surface area (Å²) in [7, 11) is 0. The summed E-state index contributed by atoms with van der Waals surface area (Å²) in [6.45, 7) is 1.97. The number of hydrogen-bond acceptors (Lipinski definition) is 7. The monoisotopic (exact) mass is 543 g/mol. The second-order valence-electron chi connectivity index (χ2n) is 9.65. The molecule has 13 heteroatoms. The number of carbonyl (C=O) groups excluding carboxylic acids is 1. The minimum Gasteiger partial charge on any atom is -0.340 e. The molecule has 0 unspecified atom stereocenters. The molecule has 5 heterocycles. The van der Waals surface area contributed by atoms with Crippen molar-refractivity contribution in [3.05, 3.63) is 87.3 Å². The van der Waals surface area contributed by atoms with Gasteiger partial charge in [0.1, 0.15) is 18.0 Å². The Labute approximate surface area is 224 Å². The van der Waals surface area contributed by atoms with E-state index in [1.165, 1.54) is 23.1 Å². The number of fused-ring (bicyclic) bond motifs is 2. The van der Waals surface area contributed by atoms with Crippen LogP contribution in [0.5, 0.6) is 0 Å². The lowest BCUT2D eigenvalue weighted by atomic mass is 10.1. The van der Waals surface area contributed by atoms with Crippen molar-refractivity contribution in [1.29, 1.82) is 0 Å². The van der Waals surface area contributed by atoms with E-state index in [-0.39, 0.29) is 39.7 Å². The van der Waals surface area contributed by atoms with Gasteiger partial charge in [0, 0.05) is 17.7 Å².